The summed E-state index contributed by atoms with van der Waals surface area (Å²) in [4.78, 5) is 30.0. The molecule has 0 aliphatic carbocycles. The van der Waals surface area contributed by atoms with Crippen molar-refractivity contribution in [3.05, 3.63) is 11.9 Å². The monoisotopic (exact) mass is 289 g/mol. The Labute approximate surface area is 120 Å². The molecule has 2 aromatic heterocycles. The maximum absolute atomic E-state index is 12.0. The molecule has 3 rings (SSSR count). The number of carbonyl (C=O) groups is 1. The number of hydrogen-bond donors (Lipinski definition) is 3. The molecule has 0 saturated carbocycles. The number of anilines is 2. The molecule has 0 radical (unpaired) electrons. The lowest BCUT2D eigenvalue weighted by atomic mass is 10.1. The molecule has 0 aromatic carbocycles. The highest BCUT2D eigenvalue weighted by Gasteiger charge is 2.32. The molecule has 0 bridgehead atoms. The Morgan fingerprint density at radius 3 is 2.86 bits per heavy atom. The van der Waals surface area contributed by atoms with Crippen molar-refractivity contribution in [2.24, 2.45) is 11.7 Å². The summed E-state index contributed by atoms with van der Waals surface area (Å²) in [7, 11) is 0. The maximum Gasteiger partial charge on any atom is 0.236 e. The van der Waals surface area contributed by atoms with Crippen molar-refractivity contribution in [1.82, 2.24) is 19.9 Å². The van der Waals surface area contributed by atoms with Gasteiger partial charge in [0.15, 0.2) is 17.0 Å². The zero-order valence-corrected chi connectivity index (χ0v) is 11.2. The second-order valence-electron chi connectivity index (χ2n) is 4.91. The number of nitrogen functional groups attached to an aromatic ring is 1. The van der Waals surface area contributed by atoms with Gasteiger partial charge in [0.1, 0.15) is 0 Å². The highest BCUT2D eigenvalue weighted by atomic mass is 16.3. The average Bonchev–Trinajstić information content (AvgIpc) is 2.88. The lowest BCUT2D eigenvalue weighted by Crippen LogP contribution is -2.28. The Hall–Kier alpha value is -2.39. The zero-order valence-electron chi connectivity index (χ0n) is 11.2. The molecular weight excluding hydrogens is 274 g/mol. The second-order valence-corrected chi connectivity index (χ2v) is 4.91. The number of aromatic nitrogens is 4. The largest absolute Gasteiger partial charge is 0.390 e. The van der Waals surface area contributed by atoms with Crippen molar-refractivity contribution in [1.29, 1.82) is 0 Å². The van der Waals surface area contributed by atoms with Gasteiger partial charge in [-0.2, -0.15) is 9.97 Å². The highest BCUT2D eigenvalue weighted by Crippen LogP contribution is 2.24. The van der Waals surface area contributed by atoms with Crippen molar-refractivity contribution >= 4 is 28.8 Å². The number of aliphatic hydroxyl groups is 1. The van der Waals surface area contributed by atoms with Gasteiger partial charge >= 0.3 is 0 Å². The van der Waals surface area contributed by atoms with Gasteiger partial charge in [-0.1, -0.05) is 0 Å². The van der Waals surface area contributed by atoms with Crippen molar-refractivity contribution in [2.45, 2.75) is 13.0 Å². The Balaban J connectivity index is 2.03. The first-order valence-corrected chi connectivity index (χ1v) is 6.52. The lowest BCUT2D eigenvalue weighted by molar-refractivity contribution is -0.117. The van der Waals surface area contributed by atoms with E-state index in [9.17, 15) is 4.79 Å². The molecule has 9 nitrogen and oxygen atoms in total. The SMILES string of the molecule is NCC1CC(=O)N(c2nc(N)c3nc(CO)cnc3n2)C1. The molecular formula is C12H15N7O2. The van der Waals surface area contributed by atoms with Crippen LogP contribution in [0.3, 0.4) is 0 Å². The molecule has 1 aliphatic heterocycles. The van der Waals surface area contributed by atoms with Gasteiger partial charge in [0.2, 0.25) is 11.9 Å². The minimum Gasteiger partial charge on any atom is -0.390 e. The van der Waals surface area contributed by atoms with Crippen LogP contribution < -0.4 is 16.4 Å². The normalized spacial score (nSPS) is 18.7. The third kappa shape index (κ3) is 2.36. The molecule has 9 heteroatoms. The van der Waals surface area contributed by atoms with Crippen LogP contribution in [0.4, 0.5) is 11.8 Å². The van der Waals surface area contributed by atoms with Gasteiger partial charge in [-0.25, -0.2) is 9.97 Å². The van der Waals surface area contributed by atoms with Crippen LogP contribution in [0, 0.1) is 5.92 Å². The molecule has 3 heterocycles. The average molecular weight is 289 g/mol. The van der Waals surface area contributed by atoms with Crippen LogP contribution in [0.5, 0.6) is 0 Å². The fourth-order valence-electron chi connectivity index (χ4n) is 2.28. The number of rotatable bonds is 3. The second kappa shape index (κ2) is 5.19. The van der Waals surface area contributed by atoms with E-state index in [4.69, 9.17) is 16.6 Å². The lowest BCUT2D eigenvalue weighted by Gasteiger charge is -2.15. The molecule has 110 valence electrons. The topological polar surface area (TPSA) is 144 Å². The fraction of sp³-hybridized carbons (Fsp3) is 0.417. The predicted octanol–water partition coefficient (Wildman–Crippen LogP) is -1.19. The van der Waals surface area contributed by atoms with E-state index in [0.29, 0.717) is 36.4 Å². The summed E-state index contributed by atoms with van der Waals surface area (Å²) in [5, 5.41) is 9.06. The smallest absolute Gasteiger partial charge is 0.236 e. The molecule has 1 unspecified atom stereocenters. The number of hydrogen-bond acceptors (Lipinski definition) is 8. The number of aliphatic hydroxyl groups excluding tert-OH is 1. The van der Waals surface area contributed by atoms with Gasteiger partial charge in [-0.15, -0.1) is 0 Å². The Morgan fingerprint density at radius 1 is 1.38 bits per heavy atom. The van der Waals surface area contributed by atoms with Crippen LogP contribution in [0.15, 0.2) is 6.20 Å². The molecule has 1 fully saturated rings. The van der Waals surface area contributed by atoms with Crippen LogP contribution in [0.25, 0.3) is 11.2 Å². The van der Waals surface area contributed by atoms with E-state index in [-0.39, 0.29) is 30.2 Å². The zero-order chi connectivity index (χ0) is 15.0. The summed E-state index contributed by atoms with van der Waals surface area (Å²) in [6, 6.07) is 0. The summed E-state index contributed by atoms with van der Waals surface area (Å²) < 4.78 is 0. The summed E-state index contributed by atoms with van der Waals surface area (Å²) in [5.41, 5.74) is 12.4. The molecule has 5 N–H and O–H groups in total. The molecule has 0 spiro atoms. The number of nitrogens with zero attached hydrogens (tertiary/aromatic N) is 5. The van der Waals surface area contributed by atoms with E-state index >= 15 is 0 Å². The van der Waals surface area contributed by atoms with Crippen molar-refractivity contribution in [3.63, 3.8) is 0 Å². The van der Waals surface area contributed by atoms with Crippen molar-refractivity contribution in [2.75, 3.05) is 23.7 Å². The molecule has 1 aliphatic rings. The van der Waals surface area contributed by atoms with Crippen LogP contribution in [0.1, 0.15) is 12.1 Å². The number of nitrogens with two attached hydrogens (primary N) is 2. The standard InChI is InChI=1S/C12H15N7O2/c13-2-6-1-8(21)19(4-6)12-17-10(14)9-11(18-12)15-3-7(5-20)16-9/h3,6,20H,1-2,4-5,13H2,(H2,14,15,17,18). The summed E-state index contributed by atoms with van der Waals surface area (Å²) in [5.74, 6) is 0.360. The van der Waals surface area contributed by atoms with Gasteiger partial charge in [-0.3, -0.25) is 9.69 Å². The first-order valence-electron chi connectivity index (χ1n) is 6.52. The Kier molecular flexibility index (Phi) is 3.35. The molecule has 1 atom stereocenters. The van der Waals surface area contributed by atoms with E-state index in [1.165, 1.54) is 11.1 Å². The summed E-state index contributed by atoms with van der Waals surface area (Å²) in [6.45, 7) is 0.667. The first-order chi connectivity index (χ1) is 10.1. The van der Waals surface area contributed by atoms with E-state index in [1.807, 2.05) is 0 Å². The predicted molar refractivity (Wildman–Crippen MR) is 75.0 cm³/mol. The molecule has 1 saturated heterocycles. The molecule has 21 heavy (non-hydrogen) atoms. The van der Waals surface area contributed by atoms with E-state index in [1.54, 1.807) is 0 Å². The summed E-state index contributed by atoms with van der Waals surface area (Å²) >= 11 is 0. The van der Waals surface area contributed by atoms with Crippen LogP contribution in [0.2, 0.25) is 0 Å². The van der Waals surface area contributed by atoms with E-state index < -0.39 is 0 Å². The van der Waals surface area contributed by atoms with Crippen LogP contribution >= 0.6 is 0 Å². The van der Waals surface area contributed by atoms with Crippen LogP contribution in [-0.4, -0.2) is 44.0 Å². The van der Waals surface area contributed by atoms with Gasteiger partial charge in [0, 0.05) is 13.0 Å². The Bertz CT molecular complexity index is 705. The maximum atomic E-state index is 12.0. The van der Waals surface area contributed by atoms with Crippen molar-refractivity contribution in [3.8, 4) is 0 Å². The number of amides is 1. The minimum absolute atomic E-state index is 0.0795. The first kappa shape index (κ1) is 13.6. The molecule has 2 aromatic rings. The Morgan fingerprint density at radius 2 is 2.19 bits per heavy atom. The van der Waals surface area contributed by atoms with Crippen LogP contribution in [-0.2, 0) is 11.4 Å². The van der Waals surface area contributed by atoms with E-state index in [0.717, 1.165) is 0 Å². The van der Waals surface area contributed by atoms with Gasteiger partial charge in [0.25, 0.3) is 0 Å². The third-order valence-electron chi connectivity index (χ3n) is 3.41. The third-order valence-corrected chi connectivity index (χ3v) is 3.41. The minimum atomic E-state index is -0.243. The highest BCUT2D eigenvalue weighted by molar-refractivity contribution is 5.95. The van der Waals surface area contributed by atoms with Crippen molar-refractivity contribution < 1.29 is 9.90 Å². The quantitative estimate of drug-likeness (QED) is 0.639. The number of carbonyl (C=O) groups excluding carboxylic acids is 1. The number of fused-ring (bicyclic) bond motifs is 1. The van der Waals surface area contributed by atoms with E-state index in [2.05, 4.69) is 19.9 Å². The van der Waals surface area contributed by atoms with Gasteiger partial charge in [-0.05, 0) is 12.5 Å². The van der Waals surface area contributed by atoms with Gasteiger partial charge in [0.05, 0.1) is 18.5 Å². The molecule has 1 amide bonds. The van der Waals surface area contributed by atoms with Gasteiger partial charge < -0.3 is 16.6 Å². The fourth-order valence-corrected chi connectivity index (χ4v) is 2.28. The summed E-state index contributed by atoms with van der Waals surface area (Å²) in [6.07, 6.45) is 1.79.